The lowest BCUT2D eigenvalue weighted by atomic mass is 9.75. The molecule has 104 valence electrons. The molecule has 2 fully saturated rings. The number of hydrogen-bond acceptors (Lipinski definition) is 3. The van der Waals surface area contributed by atoms with Crippen molar-refractivity contribution in [1.29, 1.82) is 0 Å². The molecule has 4 heteroatoms. The Labute approximate surface area is 110 Å². The first kappa shape index (κ1) is 13.8. The monoisotopic (exact) mass is 253 g/mol. The summed E-state index contributed by atoms with van der Waals surface area (Å²) in [6.07, 6.45) is 4.73. The van der Waals surface area contributed by atoms with Crippen molar-refractivity contribution in [1.82, 2.24) is 15.5 Å². The maximum absolute atomic E-state index is 12.0. The molecule has 1 amide bonds. The van der Waals surface area contributed by atoms with Crippen LogP contribution in [0.2, 0.25) is 0 Å². The van der Waals surface area contributed by atoms with E-state index in [9.17, 15) is 4.79 Å². The van der Waals surface area contributed by atoms with Crippen LogP contribution in [-0.4, -0.2) is 49.6 Å². The Morgan fingerprint density at radius 2 is 1.89 bits per heavy atom. The van der Waals surface area contributed by atoms with Gasteiger partial charge in [-0.05, 0) is 31.1 Å². The highest BCUT2D eigenvalue weighted by Crippen LogP contribution is 2.34. The van der Waals surface area contributed by atoms with E-state index in [0.29, 0.717) is 18.0 Å². The fourth-order valence-electron chi connectivity index (χ4n) is 2.89. The summed E-state index contributed by atoms with van der Waals surface area (Å²) >= 11 is 0. The van der Waals surface area contributed by atoms with E-state index >= 15 is 0 Å². The van der Waals surface area contributed by atoms with Gasteiger partial charge in [0.2, 0.25) is 5.91 Å². The first-order chi connectivity index (χ1) is 8.55. The second-order valence-corrected chi connectivity index (χ2v) is 6.53. The molecule has 18 heavy (non-hydrogen) atoms. The fourth-order valence-corrected chi connectivity index (χ4v) is 2.89. The first-order valence-corrected chi connectivity index (χ1v) is 7.28. The number of amides is 1. The average molecular weight is 253 g/mol. The number of rotatable bonds is 3. The number of hydrogen-bond donors (Lipinski definition) is 2. The summed E-state index contributed by atoms with van der Waals surface area (Å²) in [6, 6.07) is 0.411. The van der Waals surface area contributed by atoms with Gasteiger partial charge in [0, 0.05) is 32.2 Å². The van der Waals surface area contributed by atoms with E-state index in [-0.39, 0.29) is 5.91 Å². The molecule has 1 saturated carbocycles. The van der Waals surface area contributed by atoms with E-state index in [1.54, 1.807) is 0 Å². The summed E-state index contributed by atoms with van der Waals surface area (Å²) in [7, 11) is 0. The van der Waals surface area contributed by atoms with Crippen LogP contribution in [0.15, 0.2) is 0 Å². The van der Waals surface area contributed by atoms with Crippen LogP contribution in [0, 0.1) is 5.41 Å². The van der Waals surface area contributed by atoms with E-state index in [2.05, 4.69) is 29.4 Å². The zero-order valence-corrected chi connectivity index (χ0v) is 11.8. The summed E-state index contributed by atoms with van der Waals surface area (Å²) in [6.45, 7) is 9.21. The summed E-state index contributed by atoms with van der Waals surface area (Å²) in [5.74, 6) is 0.210. The van der Waals surface area contributed by atoms with E-state index in [1.165, 1.54) is 12.8 Å². The summed E-state index contributed by atoms with van der Waals surface area (Å²) in [5.41, 5.74) is 0.472. The lowest BCUT2D eigenvalue weighted by molar-refractivity contribution is -0.123. The van der Waals surface area contributed by atoms with E-state index in [4.69, 9.17) is 0 Å². The summed E-state index contributed by atoms with van der Waals surface area (Å²) in [4.78, 5) is 14.2. The summed E-state index contributed by atoms with van der Waals surface area (Å²) < 4.78 is 0. The molecule has 0 aromatic rings. The van der Waals surface area contributed by atoms with Gasteiger partial charge in [-0.1, -0.05) is 13.8 Å². The SMILES string of the molecule is CC1(C)CCC(NC(=O)CN2CCNCC2)CC1. The Balaban J connectivity index is 1.68. The molecule has 2 aliphatic rings. The van der Waals surface area contributed by atoms with Crippen LogP contribution >= 0.6 is 0 Å². The molecule has 2 rings (SSSR count). The highest BCUT2D eigenvalue weighted by molar-refractivity contribution is 5.78. The number of carbonyl (C=O) groups is 1. The van der Waals surface area contributed by atoms with Crippen molar-refractivity contribution < 1.29 is 4.79 Å². The van der Waals surface area contributed by atoms with Gasteiger partial charge in [-0.2, -0.15) is 0 Å². The Hall–Kier alpha value is -0.610. The molecule has 2 N–H and O–H groups in total. The van der Waals surface area contributed by atoms with Crippen LogP contribution in [0.25, 0.3) is 0 Å². The van der Waals surface area contributed by atoms with E-state index in [0.717, 1.165) is 39.0 Å². The zero-order chi connectivity index (χ0) is 13.0. The molecule has 0 bridgehead atoms. The maximum Gasteiger partial charge on any atom is 0.234 e. The van der Waals surface area contributed by atoms with E-state index < -0.39 is 0 Å². The quantitative estimate of drug-likeness (QED) is 0.788. The van der Waals surface area contributed by atoms with Gasteiger partial charge in [-0.3, -0.25) is 9.69 Å². The lowest BCUT2D eigenvalue weighted by Gasteiger charge is -2.35. The smallest absolute Gasteiger partial charge is 0.234 e. The maximum atomic E-state index is 12.0. The minimum atomic E-state index is 0.210. The van der Waals surface area contributed by atoms with Gasteiger partial charge in [0.1, 0.15) is 0 Å². The van der Waals surface area contributed by atoms with Crippen molar-refractivity contribution in [3.63, 3.8) is 0 Å². The molecule has 1 aliphatic heterocycles. The van der Waals surface area contributed by atoms with Crippen LogP contribution in [0.3, 0.4) is 0 Å². The van der Waals surface area contributed by atoms with Gasteiger partial charge in [0.05, 0.1) is 6.54 Å². The zero-order valence-electron chi connectivity index (χ0n) is 11.8. The molecular weight excluding hydrogens is 226 g/mol. The summed E-state index contributed by atoms with van der Waals surface area (Å²) in [5, 5.41) is 6.51. The number of carbonyl (C=O) groups excluding carboxylic acids is 1. The van der Waals surface area contributed by atoms with Crippen LogP contribution in [0.4, 0.5) is 0 Å². The van der Waals surface area contributed by atoms with Crippen molar-refractivity contribution in [2.45, 2.75) is 45.6 Å². The van der Waals surface area contributed by atoms with Gasteiger partial charge in [0.15, 0.2) is 0 Å². The predicted octanol–water partition coefficient (Wildman–Crippen LogP) is 0.977. The van der Waals surface area contributed by atoms with Gasteiger partial charge in [0.25, 0.3) is 0 Å². The van der Waals surface area contributed by atoms with Crippen molar-refractivity contribution in [2.24, 2.45) is 5.41 Å². The van der Waals surface area contributed by atoms with E-state index in [1.807, 2.05) is 0 Å². The Morgan fingerprint density at radius 1 is 1.28 bits per heavy atom. The standard InChI is InChI=1S/C14H27N3O/c1-14(2)5-3-12(4-6-14)16-13(18)11-17-9-7-15-8-10-17/h12,15H,3-11H2,1-2H3,(H,16,18). The molecule has 1 aliphatic carbocycles. The molecule has 0 spiro atoms. The minimum absolute atomic E-state index is 0.210. The molecule has 0 atom stereocenters. The molecular formula is C14H27N3O. The minimum Gasteiger partial charge on any atom is -0.352 e. The third-order valence-electron chi connectivity index (χ3n) is 4.28. The Bertz CT molecular complexity index is 275. The molecule has 0 aromatic carbocycles. The number of nitrogens with zero attached hydrogens (tertiary/aromatic N) is 1. The largest absolute Gasteiger partial charge is 0.352 e. The normalized spacial score (nSPS) is 25.9. The molecule has 0 unspecified atom stereocenters. The predicted molar refractivity (Wildman–Crippen MR) is 73.5 cm³/mol. The van der Waals surface area contributed by atoms with Gasteiger partial charge >= 0.3 is 0 Å². The molecule has 0 aromatic heterocycles. The lowest BCUT2D eigenvalue weighted by Crippen LogP contribution is -2.49. The first-order valence-electron chi connectivity index (χ1n) is 7.28. The Morgan fingerprint density at radius 3 is 2.50 bits per heavy atom. The van der Waals surface area contributed by atoms with Crippen molar-refractivity contribution in [2.75, 3.05) is 32.7 Å². The molecule has 1 saturated heterocycles. The van der Waals surface area contributed by atoms with Crippen molar-refractivity contribution in [3.8, 4) is 0 Å². The van der Waals surface area contributed by atoms with Crippen LogP contribution < -0.4 is 10.6 Å². The highest BCUT2D eigenvalue weighted by atomic mass is 16.2. The highest BCUT2D eigenvalue weighted by Gasteiger charge is 2.27. The Kier molecular flexibility index (Phi) is 4.62. The third kappa shape index (κ3) is 4.25. The fraction of sp³-hybridized carbons (Fsp3) is 0.929. The molecule has 4 nitrogen and oxygen atoms in total. The molecule has 0 radical (unpaired) electrons. The second-order valence-electron chi connectivity index (χ2n) is 6.53. The molecule has 1 heterocycles. The number of piperazine rings is 1. The van der Waals surface area contributed by atoms with Crippen LogP contribution in [-0.2, 0) is 4.79 Å². The van der Waals surface area contributed by atoms with Crippen LogP contribution in [0.5, 0.6) is 0 Å². The second kappa shape index (κ2) is 6.02. The number of nitrogens with one attached hydrogen (secondary N) is 2. The van der Waals surface area contributed by atoms with Crippen LogP contribution in [0.1, 0.15) is 39.5 Å². The topological polar surface area (TPSA) is 44.4 Å². The van der Waals surface area contributed by atoms with Crippen molar-refractivity contribution >= 4 is 5.91 Å². The van der Waals surface area contributed by atoms with Crippen molar-refractivity contribution in [3.05, 3.63) is 0 Å². The average Bonchev–Trinajstić information content (AvgIpc) is 2.33. The van der Waals surface area contributed by atoms with Gasteiger partial charge < -0.3 is 10.6 Å². The van der Waals surface area contributed by atoms with Gasteiger partial charge in [-0.25, -0.2) is 0 Å². The third-order valence-corrected chi connectivity index (χ3v) is 4.28. The van der Waals surface area contributed by atoms with Gasteiger partial charge in [-0.15, -0.1) is 0 Å².